The molecule has 0 radical (unpaired) electrons. The molecule has 0 bridgehead atoms. The molecule has 0 aliphatic rings. The van der Waals surface area contributed by atoms with E-state index in [4.69, 9.17) is 0 Å². The van der Waals surface area contributed by atoms with Gasteiger partial charge in [-0.15, -0.1) is 11.3 Å². The molecule has 0 aliphatic carbocycles. The number of rotatable bonds is 3. The smallest absolute Gasteiger partial charge is 0.309 e. The highest BCUT2D eigenvalue weighted by Gasteiger charge is 2.35. The van der Waals surface area contributed by atoms with Crippen molar-refractivity contribution in [1.29, 1.82) is 0 Å². The monoisotopic (exact) mass is 364 g/mol. The molecule has 1 aromatic carbocycles. The Bertz CT molecular complexity index is 610. The number of nitrogens with one attached hydrogen (secondary N) is 1. The van der Waals surface area contributed by atoms with Crippen LogP contribution in [0.3, 0.4) is 0 Å². The summed E-state index contributed by atoms with van der Waals surface area (Å²) < 4.78 is 38.8. The summed E-state index contributed by atoms with van der Waals surface area (Å²) in [7, 11) is 1.72. The van der Waals surface area contributed by atoms with Crippen molar-refractivity contribution in [2.24, 2.45) is 0 Å². The van der Waals surface area contributed by atoms with Crippen molar-refractivity contribution in [3.05, 3.63) is 49.9 Å². The molecule has 1 aromatic heterocycles. The Morgan fingerprint density at radius 1 is 1.35 bits per heavy atom. The molecule has 2 aromatic rings. The largest absolute Gasteiger partial charge is 0.443 e. The van der Waals surface area contributed by atoms with E-state index in [2.05, 4.69) is 26.2 Å². The fraction of sp³-hybridized carbons (Fsp3) is 0.308. The molecule has 1 atom stereocenters. The topological polar surface area (TPSA) is 24.9 Å². The summed E-state index contributed by atoms with van der Waals surface area (Å²) in [5.41, 5.74) is 1.94. The lowest BCUT2D eigenvalue weighted by molar-refractivity contribution is -0.137. The van der Waals surface area contributed by atoms with E-state index in [0.29, 0.717) is 16.2 Å². The van der Waals surface area contributed by atoms with Crippen molar-refractivity contribution >= 4 is 27.3 Å². The summed E-state index contributed by atoms with van der Waals surface area (Å²) in [5.74, 6) is 0. The molecule has 0 spiro atoms. The summed E-state index contributed by atoms with van der Waals surface area (Å²) >= 11 is 4.05. The van der Waals surface area contributed by atoms with Gasteiger partial charge >= 0.3 is 6.18 Å². The minimum absolute atomic E-state index is 0.305. The Labute approximate surface area is 127 Å². The van der Waals surface area contributed by atoms with Gasteiger partial charge in [0.15, 0.2) is 5.01 Å². The second kappa shape index (κ2) is 5.83. The summed E-state index contributed by atoms with van der Waals surface area (Å²) in [6.45, 7) is 1.93. The van der Waals surface area contributed by atoms with Gasteiger partial charge in [0.1, 0.15) is 0 Å². The molecule has 0 aliphatic heterocycles. The van der Waals surface area contributed by atoms with Crippen LogP contribution >= 0.6 is 27.3 Å². The highest BCUT2D eigenvalue weighted by molar-refractivity contribution is 9.10. The van der Waals surface area contributed by atoms with Gasteiger partial charge in [-0.2, -0.15) is 13.2 Å². The van der Waals surface area contributed by atoms with Crippen LogP contribution in [0.2, 0.25) is 0 Å². The lowest BCUT2D eigenvalue weighted by atomic mass is 10.0. The highest BCUT2D eigenvalue weighted by atomic mass is 79.9. The van der Waals surface area contributed by atoms with Crippen LogP contribution in [-0.4, -0.2) is 12.0 Å². The average Bonchev–Trinajstić information content (AvgIpc) is 2.84. The van der Waals surface area contributed by atoms with Gasteiger partial charge in [0.25, 0.3) is 0 Å². The Hall–Kier alpha value is -0.920. The van der Waals surface area contributed by atoms with Crippen molar-refractivity contribution < 1.29 is 13.2 Å². The first-order valence-corrected chi connectivity index (χ1v) is 7.40. The van der Waals surface area contributed by atoms with Crippen molar-refractivity contribution in [2.45, 2.75) is 19.1 Å². The third-order valence-electron chi connectivity index (χ3n) is 2.89. The maximum atomic E-state index is 12.6. The van der Waals surface area contributed by atoms with Crippen LogP contribution < -0.4 is 5.32 Å². The summed E-state index contributed by atoms with van der Waals surface area (Å²) in [6, 6.07) is 5.43. The van der Waals surface area contributed by atoms with E-state index in [1.54, 1.807) is 7.05 Å². The van der Waals surface area contributed by atoms with Crippen LogP contribution in [-0.2, 0) is 6.18 Å². The van der Waals surface area contributed by atoms with E-state index < -0.39 is 11.2 Å². The third-order valence-corrected chi connectivity index (χ3v) is 4.49. The average molecular weight is 365 g/mol. The molecule has 0 fully saturated rings. The van der Waals surface area contributed by atoms with E-state index in [1.807, 2.05) is 25.1 Å². The first-order chi connectivity index (χ1) is 9.32. The molecule has 7 heteroatoms. The zero-order chi connectivity index (χ0) is 14.9. The molecule has 20 heavy (non-hydrogen) atoms. The van der Waals surface area contributed by atoms with Gasteiger partial charge in [0, 0.05) is 15.5 Å². The Balaban J connectivity index is 2.42. The number of benzene rings is 1. The molecule has 0 amide bonds. The molecule has 1 heterocycles. The van der Waals surface area contributed by atoms with Crippen LogP contribution in [0.1, 0.15) is 27.1 Å². The van der Waals surface area contributed by atoms with E-state index >= 15 is 0 Å². The number of hydrogen-bond acceptors (Lipinski definition) is 3. The minimum Gasteiger partial charge on any atom is -0.309 e. The number of hydrogen-bond donors (Lipinski definition) is 1. The quantitative estimate of drug-likeness (QED) is 0.864. The molecule has 1 N–H and O–H groups in total. The van der Waals surface area contributed by atoms with E-state index in [9.17, 15) is 13.2 Å². The Kier molecular flexibility index (Phi) is 4.51. The fourth-order valence-corrected chi connectivity index (χ4v) is 3.22. The number of alkyl halides is 3. The van der Waals surface area contributed by atoms with Crippen molar-refractivity contribution in [1.82, 2.24) is 10.3 Å². The van der Waals surface area contributed by atoms with Gasteiger partial charge < -0.3 is 5.32 Å². The van der Waals surface area contributed by atoms with Gasteiger partial charge in [-0.05, 0) is 37.2 Å². The van der Waals surface area contributed by atoms with Crippen molar-refractivity contribution in [3.8, 4) is 0 Å². The highest BCUT2D eigenvalue weighted by Crippen LogP contribution is 2.36. The maximum Gasteiger partial charge on any atom is 0.443 e. The van der Waals surface area contributed by atoms with Crippen LogP contribution in [0.4, 0.5) is 13.2 Å². The standard InChI is InChI=1S/C13H12BrF3N2S/c1-7-3-4-8(14)5-9(7)11(18-2)10-6-19-12(20-10)13(15,16)17/h3-6,11,18H,1-2H3. The number of nitrogens with zero attached hydrogens (tertiary/aromatic N) is 1. The number of halogens is 4. The van der Waals surface area contributed by atoms with E-state index in [-0.39, 0.29) is 6.04 Å². The zero-order valence-electron chi connectivity index (χ0n) is 10.8. The molecule has 0 saturated heterocycles. The van der Waals surface area contributed by atoms with Crippen LogP contribution in [0.15, 0.2) is 28.9 Å². The Morgan fingerprint density at radius 2 is 2.05 bits per heavy atom. The van der Waals surface area contributed by atoms with Crippen LogP contribution in [0.25, 0.3) is 0 Å². The first-order valence-electron chi connectivity index (χ1n) is 5.79. The second-order valence-corrected chi connectivity index (χ2v) is 6.27. The normalized spacial score (nSPS) is 13.5. The first kappa shape index (κ1) is 15.5. The third kappa shape index (κ3) is 3.21. The number of thiazole rings is 1. The predicted octanol–water partition coefficient (Wildman–Crippen LogP) is 4.54. The van der Waals surface area contributed by atoms with Gasteiger partial charge in [-0.25, -0.2) is 4.98 Å². The Morgan fingerprint density at radius 3 is 2.60 bits per heavy atom. The second-order valence-electron chi connectivity index (χ2n) is 4.29. The van der Waals surface area contributed by atoms with Crippen molar-refractivity contribution in [2.75, 3.05) is 7.05 Å². The molecule has 1 unspecified atom stereocenters. The lowest BCUT2D eigenvalue weighted by Gasteiger charge is -2.17. The van der Waals surface area contributed by atoms with Gasteiger partial charge in [0.05, 0.1) is 6.04 Å². The van der Waals surface area contributed by atoms with Gasteiger partial charge in [0.2, 0.25) is 0 Å². The SMILES string of the molecule is CNC(c1cnc(C(F)(F)F)s1)c1cc(Br)ccc1C. The molecule has 2 nitrogen and oxygen atoms in total. The van der Waals surface area contributed by atoms with Crippen molar-refractivity contribution in [3.63, 3.8) is 0 Å². The maximum absolute atomic E-state index is 12.6. The summed E-state index contributed by atoms with van der Waals surface area (Å²) in [4.78, 5) is 4.02. The lowest BCUT2D eigenvalue weighted by Crippen LogP contribution is -2.17. The number of aryl methyl sites for hydroxylation is 1. The molecule has 2 rings (SSSR count). The van der Waals surface area contributed by atoms with E-state index in [0.717, 1.165) is 15.6 Å². The van der Waals surface area contributed by atoms with Crippen LogP contribution in [0, 0.1) is 6.92 Å². The summed E-state index contributed by atoms with van der Waals surface area (Å²) in [5, 5.41) is 2.23. The van der Waals surface area contributed by atoms with E-state index in [1.165, 1.54) is 6.20 Å². The molecular weight excluding hydrogens is 353 g/mol. The predicted molar refractivity (Wildman–Crippen MR) is 76.9 cm³/mol. The molecular formula is C13H12BrF3N2S. The molecule has 108 valence electrons. The van der Waals surface area contributed by atoms with Gasteiger partial charge in [-0.1, -0.05) is 22.0 Å². The van der Waals surface area contributed by atoms with Gasteiger partial charge in [-0.3, -0.25) is 0 Å². The summed E-state index contributed by atoms with van der Waals surface area (Å²) in [6.07, 6.45) is -3.11. The minimum atomic E-state index is -4.40. The number of aromatic nitrogens is 1. The fourth-order valence-electron chi connectivity index (χ4n) is 1.92. The molecule has 0 saturated carbocycles. The van der Waals surface area contributed by atoms with Crippen LogP contribution in [0.5, 0.6) is 0 Å². The zero-order valence-corrected chi connectivity index (χ0v) is 13.2.